The molecule has 9 heteroatoms. The normalized spacial score (nSPS) is 25.7. The summed E-state index contributed by atoms with van der Waals surface area (Å²) in [6.07, 6.45) is 10.6. The predicted octanol–water partition coefficient (Wildman–Crippen LogP) is 5.73. The van der Waals surface area contributed by atoms with E-state index in [1.807, 2.05) is 42.5 Å². The fourth-order valence-corrected chi connectivity index (χ4v) is 7.30. The van der Waals surface area contributed by atoms with Gasteiger partial charge in [0.15, 0.2) is 11.6 Å². The lowest BCUT2D eigenvalue weighted by Gasteiger charge is -2.43. The van der Waals surface area contributed by atoms with Gasteiger partial charge in [-0.15, -0.1) is 0 Å². The van der Waals surface area contributed by atoms with E-state index in [0.717, 1.165) is 68.0 Å². The van der Waals surface area contributed by atoms with E-state index in [4.69, 9.17) is 9.72 Å². The molecule has 4 aromatic rings. The molecule has 2 aromatic heterocycles. The van der Waals surface area contributed by atoms with Crippen molar-refractivity contribution in [3.8, 4) is 5.75 Å². The van der Waals surface area contributed by atoms with E-state index in [1.54, 1.807) is 18.6 Å². The first-order chi connectivity index (χ1) is 20.8. The number of imidazole rings is 1. The van der Waals surface area contributed by atoms with Gasteiger partial charge in [-0.3, -0.25) is 4.90 Å². The van der Waals surface area contributed by atoms with E-state index < -0.39 is 5.60 Å². The highest BCUT2D eigenvalue weighted by molar-refractivity contribution is 5.75. The summed E-state index contributed by atoms with van der Waals surface area (Å²) >= 11 is 0. The Morgan fingerprint density at radius 3 is 2.72 bits per heavy atom. The molecular formula is C34H37FN6O2. The van der Waals surface area contributed by atoms with Gasteiger partial charge in [0.1, 0.15) is 17.8 Å². The van der Waals surface area contributed by atoms with Crippen molar-refractivity contribution >= 4 is 16.9 Å². The van der Waals surface area contributed by atoms with Crippen molar-refractivity contribution in [3.63, 3.8) is 0 Å². The minimum Gasteiger partial charge on any atom is -0.476 e. The van der Waals surface area contributed by atoms with Crippen molar-refractivity contribution in [2.45, 2.75) is 44.8 Å². The van der Waals surface area contributed by atoms with Crippen molar-refractivity contribution in [2.24, 2.45) is 11.3 Å². The van der Waals surface area contributed by atoms with E-state index in [1.165, 1.54) is 11.6 Å². The second-order valence-corrected chi connectivity index (χ2v) is 12.7. The number of nitrogens with zero attached hydrogens (tertiary/aromatic N) is 4. The Kier molecular flexibility index (Phi) is 6.92. The number of likely N-dealkylation sites (tertiary alicyclic amines) is 1. The maximum absolute atomic E-state index is 14.7. The summed E-state index contributed by atoms with van der Waals surface area (Å²) < 4.78 is 21.6. The molecule has 2 aliphatic heterocycles. The van der Waals surface area contributed by atoms with E-state index in [-0.39, 0.29) is 28.8 Å². The van der Waals surface area contributed by atoms with Crippen molar-refractivity contribution in [3.05, 3.63) is 107 Å². The number of nitrogens with one attached hydrogen (secondary N) is 2. The minimum absolute atomic E-state index is 0.0444. The van der Waals surface area contributed by atoms with Crippen LogP contribution in [0, 0.1) is 11.3 Å². The van der Waals surface area contributed by atoms with Crippen molar-refractivity contribution in [1.29, 1.82) is 0 Å². The maximum atomic E-state index is 14.7. The highest BCUT2D eigenvalue weighted by Crippen LogP contribution is 2.47. The molecule has 1 spiro atoms. The summed E-state index contributed by atoms with van der Waals surface area (Å²) in [6, 6.07) is 16.1. The summed E-state index contributed by atoms with van der Waals surface area (Å²) in [5, 5.41) is 0. The third-order valence-electron chi connectivity index (χ3n) is 9.56. The van der Waals surface area contributed by atoms with Gasteiger partial charge in [0, 0.05) is 37.5 Å². The zero-order valence-corrected chi connectivity index (χ0v) is 24.6. The molecular weight excluding hydrogens is 543 g/mol. The average Bonchev–Trinajstić information content (AvgIpc) is 3.72. The smallest absolute Gasteiger partial charge is 0.323 e. The number of ether oxygens (including phenoxy) is 1. The van der Waals surface area contributed by atoms with Gasteiger partial charge in [-0.25, -0.2) is 19.2 Å². The molecule has 222 valence electrons. The van der Waals surface area contributed by atoms with E-state index in [2.05, 4.69) is 50.7 Å². The second-order valence-electron chi connectivity index (χ2n) is 12.7. The zero-order chi connectivity index (χ0) is 29.6. The molecule has 0 saturated carbocycles. The predicted molar refractivity (Wildman–Crippen MR) is 166 cm³/mol. The van der Waals surface area contributed by atoms with Crippen molar-refractivity contribution in [1.82, 2.24) is 24.8 Å². The molecule has 2 aromatic carbocycles. The summed E-state index contributed by atoms with van der Waals surface area (Å²) in [5.41, 5.74) is 3.07. The first-order valence-electron chi connectivity index (χ1n) is 15.1. The van der Waals surface area contributed by atoms with Crippen LogP contribution < -0.4 is 15.3 Å². The molecule has 0 radical (unpaired) electrons. The molecule has 2 fully saturated rings. The average molecular weight is 581 g/mol. The van der Waals surface area contributed by atoms with Gasteiger partial charge in [0.05, 0.1) is 17.2 Å². The number of rotatable bonds is 7. The number of H-pyrrole nitrogens is 2. The molecule has 43 heavy (non-hydrogen) atoms. The molecule has 3 aliphatic rings. The molecule has 3 atom stereocenters. The summed E-state index contributed by atoms with van der Waals surface area (Å²) in [7, 11) is 0. The van der Waals surface area contributed by atoms with Crippen molar-refractivity contribution in [2.75, 3.05) is 31.1 Å². The van der Waals surface area contributed by atoms with E-state index >= 15 is 0 Å². The Morgan fingerprint density at radius 1 is 1.07 bits per heavy atom. The molecule has 1 aliphatic carbocycles. The number of aromatic nitrogens is 4. The topological polar surface area (TPSA) is 90.1 Å². The largest absolute Gasteiger partial charge is 0.476 e. The number of allylic oxidation sites excluding steroid dienone is 2. The Labute approximate surface area is 250 Å². The summed E-state index contributed by atoms with van der Waals surface area (Å²) in [5.74, 6) is 0.902. The number of hydrogen-bond donors (Lipinski definition) is 2. The number of halogens is 1. The molecule has 7 rings (SSSR count). The second kappa shape index (κ2) is 10.8. The summed E-state index contributed by atoms with van der Waals surface area (Å²) in [4.78, 5) is 31.3. The number of hydrogen-bond acceptors (Lipinski definition) is 6. The van der Waals surface area contributed by atoms with Crippen LogP contribution in [-0.2, 0) is 6.54 Å². The number of benzene rings is 2. The van der Waals surface area contributed by atoms with Gasteiger partial charge in [-0.1, -0.05) is 50.2 Å². The Bertz CT molecular complexity index is 1750. The van der Waals surface area contributed by atoms with Crippen LogP contribution in [0.3, 0.4) is 0 Å². The van der Waals surface area contributed by atoms with E-state index in [9.17, 15) is 9.18 Å². The van der Waals surface area contributed by atoms with Gasteiger partial charge in [-0.2, -0.15) is 0 Å². The molecule has 2 N–H and O–H groups in total. The van der Waals surface area contributed by atoms with Gasteiger partial charge in [-0.05, 0) is 66.8 Å². The SMILES string of the molecule is CC(C)C1(Oc2cncnc2N2CCC3(CCN(Cc4ccc5[nH]c(=O)[nH]c5c4)C3)C2)C=CC(F)=CC1c1ccccc1. The van der Waals surface area contributed by atoms with Crippen LogP contribution >= 0.6 is 0 Å². The van der Waals surface area contributed by atoms with Crippen LogP contribution in [-0.4, -0.2) is 56.6 Å². The fraction of sp³-hybridized carbons (Fsp3) is 0.382. The standard InChI is InChI=1S/C34H37FN6O2/c1-23(2)34(11-10-26(35)17-27(34)25-6-4-3-5-7-25)43-30-18-36-22-37-31(30)41-15-13-33(21-41)12-14-40(20-33)19-24-8-9-28-29(16-24)39-32(42)38-28/h3-11,16-18,22-23,27H,12-15,19-21H2,1-2H3,(H2,38,39,42). The van der Waals surface area contributed by atoms with Crippen LogP contribution in [0.2, 0.25) is 0 Å². The molecule has 2 saturated heterocycles. The van der Waals surface area contributed by atoms with Crippen LogP contribution in [0.25, 0.3) is 11.0 Å². The maximum Gasteiger partial charge on any atom is 0.323 e. The highest BCUT2D eigenvalue weighted by Gasteiger charge is 2.47. The Hall–Kier alpha value is -4.24. The van der Waals surface area contributed by atoms with Crippen LogP contribution in [0.5, 0.6) is 5.75 Å². The van der Waals surface area contributed by atoms with Gasteiger partial charge in [0.2, 0.25) is 0 Å². The highest BCUT2D eigenvalue weighted by atomic mass is 19.1. The number of aromatic amines is 2. The van der Waals surface area contributed by atoms with Gasteiger partial charge < -0.3 is 19.6 Å². The first kappa shape index (κ1) is 27.6. The first-order valence-corrected chi connectivity index (χ1v) is 15.1. The monoisotopic (exact) mass is 580 g/mol. The van der Waals surface area contributed by atoms with Gasteiger partial charge >= 0.3 is 5.69 Å². The Balaban J connectivity index is 1.10. The van der Waals surface area contributed by atoms with Crippen molar-refractivity contribution < 1.29 is 9.13 Å². The lowest BCUT2D eigenvalue weighted by Crippen LogP contribution is -2.46. The lowest BCUT2D eigenvalue weighted by molar-refractivity contribution is 0.0530. The Morgan fingerprint density at radius 2 is 1.88 bits per heavy atom. The summed E-state index contributed by atoms with van der Waals surface area (Å²) in [6.45, 7) is 8.89. The number of anilines is 1. The van der Waals surface area contributed by atoms with Crippen LogP contribution in [0.15, 0.2) is 89.9 Å². The molecule has 3 unspecified atom stereocenters. The number of fused-ring (bicyclic) bond motifs is 1. The van der Waals surface area contributed by atoms with E-state index in [0.29, 0.717) is 5.75 Å². The third-order valence-corrected chi connectivity index (χ3v) is 9.56. The third kappa shape index (κ3) is 5.16. The molecule has 0 amide bonds. The lowest BCUT2D eigenvalue weighted by atomic mass is 9.72. The van der Waals surface area contributed by atoms with Crippen LogP contribution in [0.4, 0.5) is 10.2 Å². The molecule has 8 nitrogen and oxygen atoms in total. The minimum atomic E-state index is -0.803. The molecule has 0 bridgehead atoms. The quantitative estimate of drug-likeness (QED) is 0.290. The van der Waals surface area contributed by atoms with Gasteiger partial charge in [0.25, 0.3) is 0 Å². The van der Waals surface area contributed by atoms with Crippen LogP contribution in [0.1, 0.15) is 43.7 Å². The zero-order valence-electron chi connectivity index (χ0n) is 24.6. The molecule has 4 heterocycles. The fourth-order valence-electron chi connectivity index (χ4n) is 7.30.